The van der Waals surface area contributed by atoms with Crippen LogP contribution in [0.3, 0.4) is 0 Å². The summed E-state index contributed by atoms with van der Waals surface area (Å²) in [5.74, 6) is 1.82. The lowest BCUT2D eigenvalue weighted by molar-refractivity contribution is 0.200. The number of rotatable bonds is 0. The molecule has 0 spiro atoms. The molecule has 6 heteroatoms. The van der Waals surface area contributed by atoms with Crippen molar-refractivity contribution >= 4 is 34.1 Å². The predicted molar refractivity (Wildman–Crippen MR) is 111 cm³/mol. The summed E-state index contributed by atoms with van der Waals surface area (Å²) in [7, 11) is 12.3. The van der Waals surface area contributed by atoms with Gasteiger partial charge in [0.2, 0.25) is 11.9 Å². The molecule has 0 N–H and O–H groups in total. The van der Waals surface area contributed by atoms with Crippen LogP contribution in [0.1, 0.15) is 6.92 Å². The topological polar surface area (TPSA) is 37.7 Å². The van der Waals surface area contributed by atoms with Gasteiger partial charge in [-0.3, -0.25) is 0 Å². The SMILES string of the molecule is CC1N(C)/C(N(C)C)=N/c2cccc3cccc(c23)/N=C(\N(C)C)N1C. The quantitative estimate of drug-likeness (QED) is 0.730. The molecular weight excluding hydrogens is 324 g/mol. The first-order valence-electron chi connectivity index (χ1n) is 8.80. The number of guanidine groups is 2. The first-order valence-corrected chi connectivity index (χ1v) is 8.80. The molecule has 0 bridgehead atoms. The summed E-state index contributed by atoms with van der Waals surface area (Å²) in [5, 5.41) is 2.22. The van der Waals surface area contributed by atoms with Gasteiger partial charge in [-0.15, -0.1) is 0 Å². The van der Waals surface area contributed by atoms with E-state index in [1.807, 2.05) is 28.2 Å². The lowest BCUT2D eigenvalue weighted by Crippen LogP contribution is -2.54. The molecule has 0 fully saturated rings. The monoisotopic (exact) mass is 352 g/mol. The van der Waals surface area contributed by atoms with Gasteiger partial charge in [0, 0.05) is 47.7 Å². The van der Waals surface area contributed by atoms with Gasteiger partial charge in [0.15, 0.2) is 0 Å². The molecule has 26 heavy (non-hydrogen) atoms. The van der Waals surface area contributed by atoms with Crippen molar-refractivity contribution in [2.24, 2.45) is 9.98 Å². The summed E-state index contributed by atoms with van der Waals surface area (Å²) in [6, 6.07) is 12.4. The van der Waals surface area contributed by atoms with Gasteiger partial charge >= 0.3 is 0 Å². The Morgan fingerprint density at radius 3 is 1.58 bits per heavy atom. The van der Waals surface area contributed by atoms with Gasteiger partial charge in [0.05, 0.1) is 11.4 Å². The molecule has 0 saturated heterocycles. The van der Waals surface area contributed by atoms with Crippen molar-refractivity contribution < 1.29 is 0 Å². The van der Waals surface area contributed by atoms with E-state index in [2.05, 4.69) is 77.0 Å². The van der Waals surface area contributed by atoms with Crippen LogP contribution in [-0.4, -0.2) is 80.0 Å². The van der Waals surface area contributed by atoms with Crippen LogP contribution in [0.4, 0.5) is 11.4 Å². The van der Waals surface area contributed by atoms with Crippen LogP contribution in [0, 0.1) is 0 Å². The standard InChI is InChI=1S/C20H28N6/c1-14-25(6)19(23(2)3)21-16-12-8-10-15-11-9-13-17(18(15)16)22-20(24(4)5)26(14)7/h8-14H,1-7H3/b21-19+,22-20+. The summed E-state index contributed by atoms with van der Waals surface area (Å²) in [5.41, 5.74) is 1.87. The molecule has 0 aromatic heterocycles. The van der Waals surface area contributed by atoms with E-state index >= 15 is 0 Å². The largest absolute Gasteiger partial charge is 0.349 e. The maximum Gasteiger partial charge on any atom is 0.202 e. The van der Waals surface area contributed by atoms with Gasteiger partial charge in [0.1, 0.15) is 6.17 Å². The number of hydrogen-bond donors (Lipinski definition) is 0. The molecule has 1 aliphatic rings. The van der Waals surface area contributed by atoms with Crippen LogP contribution in [0.25, 0.3) is 10.8 Å². The Balaban J connectivity index is 2.39. The highest BCUT2D eigenvalue weighted by atomic mass is 15.5. The molecule has 0 amide bonds. The third-order valence-corrected chi connectivity index (χ3v) is 4.85. The third-order valence-electron chi connectivity index (χ3n) is 4.85. The van der Waals surface area contributed by atoms with Gasteiger partial charge in [0.25, 0.3) is 0 Å². The highest BCUT2D eigenvalue weighted by molar-refractivity contribution is 6.04. The number of hydrogen-bond acceptors (Lipinski definition) is 6. The van der Waals surface area contributed by atoms with Crippen LogP contribution in [0.15, 0.2) is 46.4 Å². The van der Waals surface area contributed by atoms with Crippen LogP contribution >= 0.6 is 0 Å². The molecule has 0 atom stereocenters. The second kappa shape index (κ2) is 6.86. The highest BCUT2D eigenvalue weighted by Crippen LogP contribution is 2.35. The molecule has 0 unspecified atom stereocenters. The lowest BCUT2D eigenvalue weighted by atomic mass is 10.1. The normalized spacial score (nSPS) is 21.7. The van der Waals surface area contributed by atoms with Crippen molar-refractivity contribution in [1.82, 2.24) is 19.6 Å². The zero-order valence-corrected chi connectivity index (χ0v) is 16.7. The van der Waals surface area contributed by atoms with E-state index in [0.29, 0.717) is 0 Å². The number of benzene rings is 2. The zero-order chi connectivity index (χ0) is 19.0. The van der Waals surface area contributed by atoms with E-state index < -0.39 is 0 Å². The van der Waals surface area contributed by atoms with Gasteiger partial charge in [-0.25, -0.2) is 9.98 Å². The first-order chi connectivity index (χ1) is 12.3. The second-order valence-electron chi connectivity index (χ2n) is 7.12. The van der Waals surface area contributed by atoms with E-state index in [9.17, 15) is 0 Å². The Morgan fingerprint density at radius 1 is 0.769 bits per heavy atom. The predicted octanol–water partition coefficient (Wildman–Crippen LogP) is 3.16. The van der Waals surface area contributed by atoms with Crippen LogP contribution < -0.4 is 0 Å². The van der Waals surface area contributed by atoms with Gasteiger partial charge in [-0.2, -0.15) is 0 Å². The fraction of sp³-hybridized carbons (Fsp3) is 0.400. The van der Waals surface area contributed by atoms with Gasteiger partial charge in [-0.05, 0) is 24.4 Å². The molecule has 0 aliphatic carbocycles. The fourth-order valence-electron chi connectivity index (χ4n) is 3.29. The minimum atomic E-state index is 0.0850. The summed E-state index contributed by atoms with van der Waals surface area (Å²) < 4.78 is 0. The van der Waals surface area contributed by atoms with E-state index in [0.717, 1.165) is 34.1 Å². The smallest absolute Gasteiger partial charge is 0.202 e. The van der Waals surface area contributed by atoms with Gasteiger partial charge in [-0.1, -0.05) is 24.3 Å². The average Bonchev–Trinajstić information content (AvgIpc) is 2.61. The Hall–Kier alpha value is -2.76. The van der Waals surface area contributed by atoms with E-state index in [4.69, 9.17) is 9.98 Å². The Bertz CT molecular complexity index is 801. The van der Waals surface area contributed by atoms with Crippen molar-refractivity contribution in [3.63, 3.8) is 0 Å². The van der Waals surface area contributed by atoms with Crippen LogP contribution in [0.2, 0.25) is 0 Å². The van der Waals surface area contributed by atoms with E-state index in [1.54, 1.807) is 0 Å². The van der Waals surface area contributed by atoms with Crippen LogP contribution in [0.5, 0.6) is 0 Å². The molecule has 138 valence electrons. The molecule has 1 aliphatic heterocycles. The molecule has 0 radical (unpaired) electrons. The first kappa shape index (κ1) is 18.0. The summed E-state index contributed by atoms with van der Waals surface area (Å²) in [4.78, 5) is 18.5. The van der Waals surface area contributed by atoms with E-state index in [1.165, 1.54) is 0 Å². The number of nitrogens with zero attached hydrogens (tertiary/aromatic N) is 6. The maximum absolute atomic E-state index is 5.01. The van der Waals surface area contributed by atoms with Crippen molar-refractivity contribution in [1.29, 1.82) is 0 Å². The van der Waals surface area contributed by atoms with Gasteiger partial charge < -0.3 is 19.6 Å². The second-order valence-corrected chi connectivity index (χ2v) is 7.12. The summed E-state index contributed by atoms with van der Waals surface area (Å²) in [6.45, 7) is 2.16. The van der Waals surface area contributed by atoms with Crippen LogP contribution in [-0.2, 0) is 0 Å². The molecule has 2 aromatic carbocycles. The summed E-state index contributed by atoms with van der Waals surface area (Å²) >= 11 is 0. The molecular formula is C20H28N6. The fourth-order valence-corrected chi connectivity index (χ4v) is 3.29. The molecule has 0 saturated carbocycles. The average molecular weight is 352 g/mol. The Morgan fingerprint density at radius 2 is 1.19 bits per heavy atom. The molecule has 3 rings (SSSR count). The van der Waals surface area contributed by atoms with Crippen molar-refractivity contribution in [3.05, 3.63) is 36.4 Å². The lowest BCUT2D eigenvalue weighted by Gasteiger charge is -2.40. The Kier molecular flexibility index (Phi) is 4.76. The maximum atomic E-state index is 5.01. The van der Waals surface area contributed by atoms with Crippen molar-refractivity contribution in [3.8, 4) is 0 Å². The summed E-state index contributed by atoms with van der Waals surface area (Å²) in [6.07, 6.45) is 0.0850. The zero-order valence-electron chi connectivity index (χ0n) is 16.7. The minimum absolute atomic E-state index is 0.0850. The highest BCUT2D eigenvalue weighted by Gasteiger charge is 2.25. The molecule has 1 heterocycles. The molecule has 2 aromatic rings. The van der Waals surface area contributed by atoms with Crippen molar-refractivity contribution in [2.75, 3.05) is 42.3 Å². The Labute approximate surface area is 156 Å². The van der Waals surface area contributed by atoms with Crippen molar-refractivity contribution in [2.45, 2.75) is 13.1 Å². The van der Waals surface area contributed by atoms with E-state index in [-0.39, 0.29) is 6.17 Å². The molecule has 6 nitrogen and oxygen atoms in total. The third kappa shape index (κ3) is 3.07. The minimum Gasteiger partial charge on any atom is -0.349 e. The number of aliphatic imine (C=N–C) groups is 2.